The molecule has 0 bridgehead atoms. The number of nitrogens with one attached hydrogen (secondary N) is 1. The Balaban J connectivity index is 1.96. The maximum Gasteiger partial charge on any atom is 0.151 e. The van der Waals surface area contributed by atoms with E-state index in [4.69, 9.17) is 4.74 Å². The van der Waals surface area contributed by atoms with Gasteiger partial charge >= 0.3 is 0 Å². The van der Waals surface area contributed by atoms with Crippen molar-refractivity contribution in [2.24, 2.45) is 0 Å². The number of anilines is 1. The zero-order chi connectivity index (χ0) is 12.8. The molecule has 0 amide bonds. The zero-order valence-corrected chi connectivity index (χ0v) is 11.2. The predicted molar refractivity (Wildman–Crippen MR) is 71.7 cm³/mol. The van der Waals surface area contributed by atoms with Crippen LogP contribution in [0.25, 0.3) is 0 Å². The van der Waals surface area contributed by atoms with Gasteiger partial charge in [0.15, 0.2) is 5.82 Å². The van der Waals surface area contributed by atoms with Gasteiger partial charge in [0.1, 0.15) is 0 Å². The van der Waals surface area contributed by atoms with Gasteiger partial charge in [-0.05, 0) is 25.1 Å². The minimum Gasteiger partial charge on any atom is -0.375 e. The lowest BCUT2D eigenvalue weighted by Crippen LogP contribution is -2.42. The molecule has 1 fully saturated rings. The minimum absolute atomic E-state index is 0.321. The molecule has 1 saturated heterocycles. The molecule has 0 aromatic carbocycles. The molecule has 0 saturated carbocycles. The highest BCUT2D eigenvalue weighted by Crippen LogP contribution is 2.15. The fourth-order valence-corrected chi connectivity index (χ4v) is 2.04. The molecule has 1 unspecified atom stereocenters. The molecule has 1 aliphatic heterocycles. The summed E-state index contributed by atoms with van der Waals surface area (Å²) in [4.78, 5) is 2.25. The fourth-order valence-electron chi connectivity index (χ4n) is 2.04. The summed E-state index contributed by atoms with van der Waals surface area (Å²) < 4.78 is 5.66. The van der Waals surface area contributed by atoms with Gasteiger partial charge in [-0.2, -0.15) is 5.10 Å². The van der Waals surface area contributed by atoms with Gasteiger partial charge in [-0.1, -0.05) is 13.8 Å². The minimum atomic E-state index is 0.321. The van der Waals surface area contributed by atoms with Crippen molar-refractivity contribution in [2.45, 2.75) is 32.9 Å². The Morgan fingerprint density at radius 1 is 1.39 bits per heavy atom. The zero-order valence-electron chi connectivity index (χ0n) is 11.2. The molecule has 1 atom stereocenters. The van der Waals surface area contributed by atoms with E-state index in [0.29, 0.717) is 6.10 Å². The van der Waals surface area contributed by atoms with Crippen molar-refractivity contribution in [3.05, 3.63) is 17.8 Å². The Labute approximate surface area is 109 Å². The molecule has 1 aromatic heterocycles. The second-order valence-corrected chi connectivity index (χ2v) is 4.51. The molecule has 1 aromatic rings. The summed E-state index contributed by atoms with van der Waals surface area (Å²) >= 11 is 0. The van der Waals surface area contributed by atoms with Gasteiger partial charge < -0.3 is 15.0 Å². The quantitative estimate of drug-likeness (QED) is 0.851. The normalized spacial score (nSPS) is 20.1. The summed E-state index contributed by atoms with van der Waals surface area (Å²) in [6.45, 7) is 8.56. The molecular weight excluding hydrogens is 228 g/mol. The first-order chi connectivity index (χ1) is 8.83. The van der Waals surface area contributed by atoms with E-state index in [2.05, 4.69) is 40.3 Å². The second-order valence-electron chi connectivity index (χ2n) is 4.51. The molecule has 0 aliphatic carbocycles. The van der Waals surface area contributed by atoms with E-state index >= 15 is 0 Å². The van der Waals surface area contributed by atoms with Crippen LogP contribution in [0.4, 0.5) is 5.82 Å². The number of rotatable bonds is 5. The van der Waals surface area contributed by atoms with E-state index in [1.807, 2.05) is 6.07 Å². The van der Waals surface area contributed by atoms with Crippen LogP contribution < -0.4 is 10.2 Å². The van der Waals surface area contributed by atoms with Crippen LogP contribution in [0.1, 0.15) is 26.0 Å². The van der Waals surface area contributed by atoms with Crippen molar-refractivity contribution < 1.29 is 4.74 Å². The van der Waals surface area contributed by atoms with Gasteiger partial charge in [0.2, 0.25) is 0 Å². The van der Waals surface area contributed by atoms with Crippen molar-refractivity contribution >= 4 is 5.82 Å². The first kappa shape index (κ1) is 13.2. The molecule has 0 radical (unpaired) electrons. The number of hydrogen-bond acceptors (Lipinski definition) is 5. The number of aromatic nitrogens is 2. The average Bonchev–Trinajstić information content (AvgIpc) is 2.46. The lowest BCUT2D eigenvalue weighted by Gasteiger charge is -2.32. The highest BCUT2D eigenvalue weighted by molar-refractivity contribution is 5.37. The molecule has 1 N–H and O–H groups in total. The average molecular weight is 250 g/mol. The van der Waals surface area contributed by atoms with Crippen LogP contribution in [-0.2, 0) is 11.3 Å². The SMILES string of the molecule is CCNCc1ccc(N2CCOC(CC)C2)nn1. The van der Waals surface area contributed by atoms with Crippen LogP contribution in [0.2, 0.25) is 0 Å². The Bertz CT molecular complexity index is 355. The largest absolute Gasteiger partial charge is 0.375 e. The third-order valence-corrected chi connectivity index (χ3v) is 3.18. The number of ether oxygens (including phenoxy) is 1. The monoisotopic (exact) mass is 250 g/mol. The molecular formula is C13H22N4O. The van der Waals surface area contributed by atoms with Crippen molar-refractivity contribution in [2.75, 3.05) is 31.1 Å². The molecule has 2 heterocycles. The fraction of sp³-hybridized carbons (Fsp3) is 0.692. The van der Waals surface area contributed by atoms with Crippen molar-refractivity contribution in [3.8, 4) is 0 Å². The van der Waals surface area contributed by atoms with E-state index in [9.17, 15) is 0 Å². The van der Waals surface area contributed by atoms with E-state index in [0.717, 1.165) is 50.7 Å². The van der Waals surface area contributed by atoms with Crippen LogP contribution in [-0.4, -0.2) is 42.5 Å². The van der Waals surface area contributed by atoms with Crippen molar-refractivity contribution in [1.29, 1.82) is 0 Å². The lowest BCUT2D eigenvalue weighted by atomic mass is 10.2. The summed E-state index contributed by atoms with van der Waals surface area (Å²) in [6, 6.07) is 4.10. The smallest absolute Gasteiger partial charge is 0.151 e. The first-order valence-electron chi connectivity index (χ1n) is 6.73. The summed E-state index contributed by atoms with van der Waals surface area (Å²) in [5, 5.41) is 11.8. The molecule has 0 spiro atoms. The second kappa shape index (κ2) is 6.66. The first-order valence-corrected chi connectivity index (χ1v) is 6.73. The summed E-state index contributed by atoms with van der Waals surface area (Å²) in [6.07, 6.45) is 1.37. The van der Waals surface area contributed by atoms with E-state index in [1.54, 1.807) is 0 Å². The van der Waals surface area contributed by atoms with E-state index in [1.165, 1.54) is 0 Å². The van der Waals surface area contributed by atoms with Gasteiger partial charge in [0.25, 0.3) is 0 Å². The molecule has 18 heavy (non-hydrogen) atoms. The van der Waals surface area contributed by atoms with Crippen molar-refractivity contribution in [1.82, 2.24) is 15.5 Å². The maximum atomic E-state index is 5.66. The molecule has 1 aliphatic rings. The van der Waals surface area contributed by atoms with Gasteiger partial charge in [-0.3, -0.25) is 0 Å². The molecule has 5 heteroatoms. The predicted octanol–water partition coefficient (Wildman–Crippen LogP) is 1.20. The van der Waals surface area contributed by atoms with E-state index in [-0.39, 0.29) is 0 Å². The van der Waals surface area contributed by atoms with Crippen molar-refractivity contribution in [3.63, 3.8) is 0 Å². The maximum absolute atomic E-state index is 5.66. The topological polar surface area (TPSA) is 50.3 Å². The summed E-state index contributed by atoms with van der Waals surface area (Å²) in [7, 11) is 0. The van der Waals surface area contributed by atoms with E-state index < -0.39 is 0 Å². The third-order valence-electron chi connectivity index (χ3n) is 3.18. The van der Waals surface area contributed by atoms with Gasteiger partial charge in [-0.15, -0.1) is 5.10 Å². The van der Waals surface area contributed by atoms with Gasteiger partial charge in [0.05, 0.1) is 18.4 Å². The van der Waals surface area contributed by atoms with Crippen LogP contribution >= 0.6 is 0 Å². The summed E-state index contributed by atoms with van der Waals surface area (Å²) in [5.74, 6) is 0.956. The van der Waals surface area contributed by atoms with Gasteiger partial charge in [-0.25, -0.2) is 0 Å². The standard InChI is InChI=1S/C13H22N4O/c1-3-12-10-17(7-8-18-12)13-6-5-11(15-16-13)9-14-4-2/h5-6,12,14H,3-4,7-10H2,1-2H3. The van der Waals surface area contributed by atoms with Crippen LogP contribution in [0, 0.1) is 0 Å². The molecule has 5 nitrogen and oxygen atoms in total. The Morgan fingerprint density at radius 2 is 2.28 bits per heavy atom. The molecule has 100 valence electrons. The summed E-state index contributed by atoms with van der Waals surface area (Å²) in [5.41, 5.74) is 0.987. The van der Waals surface area contributed by atoms with Gasteiger partial charge in [0, 0.05) is 19.6 Å². The van der Waals surface area contributed by atoms with Crippen LogP contribution in [0.3, 0.4) is 0 Å². The number of hydrogen-bond donors (Lipinski definition) is 1. The lowest BCUT2D eigenvalue weighted by molar-refractivity contribution is 0.0381. The number of morpholine rings is 1. The highest BCUT2D eigenvalue weighted by Gasteiger charge is 2.20. The Morgan fingerprint density at radius 3 is 2.94 bits per heavy atom. The van der Waals surface area contributed by atoms with Crippen LogP contribution in [0.15, 0.2) is 12.1 Å². The molecule has 2 rings (SSSR count). The highest BCUT2D eigenvalue weighted by atomic mass is 16.5. The van der Waals surface area contributed by atoms with Crippen LogP contribution in [0.5, 0.6) is 0 Å². The Hall–Kier alpha value is -1.20. The Kier molecular flexibility index (Phi) is 4.90. The number of nitrogens with zero attached hydrogens (tertiary/aromatic N) is 3. The third kappa shape index (κ3) is 3.40.